The SMILES string of the molecule is COCCN(Cc1cccs1)C(=O)c1c(Cl)c(C)nn1C. The van der Waals surface area contributed by atoms with Crippen molar-refractivity contribution in [3.05, 3.63) is 38.8 Å². The first kappa shape index (κ1) is 16.0. The zero-order chi connectivity index (χ0) is 15.4. The van der Waals surface area contributed by atoms with Crippen LogP contribution in [-0.2, 0) is 18.3 Å². The lowest BCUT2D eigenvalue weighted by atomic mass is 10.3. The number of ether oxygens (including phenoxy) is 1. The molecule has 0 aliphatic heterocycles. The molecule has 2 aromatic rings. The van der Waals surface area contributed by atoms with E-state index in [-0.39, 0.29) is 5.91 Å². The largest absolute Gasteiger partial charge is 0.383 e. The van der Waals surface area contributed by atoms with Gasteiger partial charge in [0.05, 0.1) is 23.9 Å². The standard InChI is InChI=1S/C14H18ClN3O2S/c1-10-12(15)13(17(2)16-10)14(19)18(6-7-20-3)9-11-5-4-8-21-11/h4-5,8H,6-7,9H2,1-3H3. The highest BCUT2D eigenvalue weighted by Gasteiger charge is 2.24. The molecule has 0 aliphatic carbocycles. The number of halogens is 1. The molecular weight excluding hydrogens is 310 g/mol. The van der Waals surface area contributed by atoms with Gasteiger partial charge in [-0.1, -0.05) is 17.7 Å². The molecule has 0 radical (unpaired) electrons. The van der Waals surface area contributed by atoms with Crippen LogP contribution in [0.2, 0.25) is 5.02 Å². The molecule has 7 heteroatoms. The monoisotopic (exact) mass is 327 g/mol. The Kier molecular flexibility index (Phi) is 5.39. The van der Waals surface area contributed by atoms with Crippen LogP contribution in [0.5, 0.6) is 0 Å². The van der Waals surface area contributed by atoms with Gasteiger partial charge in [-0.15, -0.1) is 11.3 Å². The maximum absolute atomic E-state index is 12.8. The topological polar surface area (TPSA) is 47.4 Å². The number of amides is 1. The van der Waals surface area contributed by atoms with Gasteiger partial charge < -0.3 is 9.64 Å². The van der Waals surface area contributed by atoms with Gasteiger partial charge in [0.25, 0.3) is 5.91 Å². The molecule has 21 heavy (non-hydrogen) atoms. The van der Waals surface area contributed by atoms with E-state index in [4.69, 9.17) is 16.3 Å². The van der Waals surface area contributed by atoms with E-state index in [2.05, 4.69) is 5.10 Å². The van der Waals surface area contributed by atoms with Crippen LogP contribution in [0.4, 0.5) is 0 Å². The molecule has 0 spiro atoms. The van der Waals surface area contributed by atoms with Crippen molar-refractivity contribution in [1.82, 2.24) is 14.7 Å². The van der Waals surface area contributed by atoms with Gasteiger partial charge >= 0.3 is 0 Å². The number of thiophene rings is 1. The summed E-state index contributed by atoms with van der Waals surface area (Å²) in [5, 5.41) is 6.61. The smallest absolute Gasteiger partial charge is 0.274 e. The molecule has 0 unspecified atom stereocenters. The Hall–Kier alpha value is -1.37. The highest BCUT2D eigenvalue weighted by molar-refractivity contribution is 7.09. The number of rotatable bonds is 6. The number of methoxy groups -OCH3 is 1. The number of aryl methyl sites for hydroxylation is 2. The number of carbonyl (C=O) groups is 1. The molecule has 0 aromatic carbocycles. The predicted octanol–water partition coefficient (Wildman–Crippen LogP) is 2.73. The quantitative estimate of drug-likeness (QED) is 0.819. The van der Waals surface area contributed by atoms with Gasteiger partial charge in [0, 0.05) is 25.6 Å². The van der Waals surface area contributed by atoms with E-state index in [9.17, 15) is 4.79 Å². The Morgan fingerprint density at radius 3 is 2.86 bits per heavy atom. The Bertz CT molecular complexity index is 610. The van der Waals surface area contributed by atoms with E-state index in [1.165, 1.54) is 4.68 Å². The van der Waals surface area contributed by atoms with Gasteiger partial charge in [0.2, 0.25) is 0 Å². The highest BCUT2D eigenvalue weighted by atomic mass is 35.5. The molecule has 2 aromatic heterocycles. The summed E-state index contributed by atoms with van der Waals surface area (Å²) in [4.78, 5) is 15.6. The van der Waals surface area contributed by atoms with Gasteiger partial charge in [-0.3, -0.25) is 9.48 Å². The van der Waals surface area contributed by atoms with Crippen molar-refractivity contribution in [2.75, 3.05) is 20.3 Å². The van der Waals surface area contributed by atoms with E-state index in [0.29, 0.717) is 36.1 Å². The molecule has 2 heterocycles. The van der Waals surface area contributed by atoms with Crippen LogP contribution >= 0.6 is 22.9 Å². The zero-order valence-electron chi connectivity index (χ0n) is 12.3. The van der Waals surface area contributed by atoms with Crippen LogP contribution in [0.3, 0.4) is 0 Å². The maximum Gasteiger partial charge on any atom is 0.274 e. The minimum atomic E-state index is -0.131. The average molecular weight is 328 g/mol. The van der Waals surface area contributed by atoms with Crippen LogP contribution in [0.1, 0.15) is 21.1 Å². The summed E-state index contributed by atoms with van der Waals surface area (Å²) in [5.41, 5.74) is 1.08. The van der Waals surface area contributed by atoms with Crippen LogP contribution in [0, 0.1) is 6.92 Å². The summed E-state index contributed by atoms with van der Waals surface area (Å²) in [5.74, 6) is -0.131. The van der Waals surface area contributed by atoms with Gasteiger partial charge in [-0.25, -0.2) is 0 Å². The van der Waals surface area contributed by atoms with E-state index >= 15 is 0 Å². The highest BCUT2D eigenvalue weighted by Crippen LogP contribution is 2.22. The van der Waals surface area contributed by atoms with Crippen LogP contribution in [-0.4, -0.2) is 40.8 Å². The van der Waals surface area contributed by atoms with Crippen molar-refractivity contribution in [1.29, 1.82) is 0 Å². The van der Waals surface area contributed by atoms with E-state index in [1.54, 1.807) is 37.3 Å². The molecule has 1 amide bonds. The van der Waals surface area contributed by atoms with Crippen molar-refractivity contribution in [2.45, 2.75) is 13.5 Å². The molecule has 0 atom stereocenters. The maximum atomic E-state index is 12.8. The summed E-state index contributed by atoms with van der Waals surface area (Å²) >= 11 is 7.83. The van der Waals surface area contributed by atoms with E-state index < -0.39 is 0 Å². The second-order valence-electron chi connectivity index (χ2n) is 4.67. The van der Waals surface area contributed by atoms with Crippen molar-refractivity contribution in [3.63, 3.8) is 0 Å². The number of carbonyl (C=O) groups excluding carboxylic acids is 1. The molecule has 0 saturated carbocycles. The first-order valence-corrected chi connectivity index (χ1v) is 7.80. The number of hydrogen-bond acceptors (Lipinski definition) is 4. The Morgan fingerprint density at radius 2 is 2.33 bits per heavy atom. The number of aromatic nitrogens is 2. The van der Waals surface area contributed by atoms with Crippen molar-refractivity contribution in [3.8, 4) is 0 Å². The lowest BCUT2D eigenvalue weighted by Crippen LogP contribution is -2.34. The first-order valence-electron chi connectivity index (χ1n) is 6.54. The minimum absolute atomic E-state index is 0.131. The first-order chi connectivity index (χ1) is 10.0. The fourth-order valence-electron chi connectivity index (χ4n) is 2.06. The molecule has 0 saturated heterocycles. The van der Waals surface area contributed by atoms with Crippen molar-refractivity contribution in [2.24, 2.45) is 7.05 Å². The molecule has 5 nitrogen and oxygen atoms in total. The second-order valence-corrected chi connectivity index (χ2v) is 6.08. The van der Waals surface area contributed by atoms with E-state index in [1.807, 2.05) is 17.5 Å². The third kappa shape index (κ3) is 3.64. The van der Waals surface area contributed by atoms with Crippen molar-refractivity contribution >= 4 is 28.8 Å². The lowest BCUT2D eigenvalue weighted by molar-refractivity contribution is 0.0672. The molecule has 0 fully saturated rings. The molecule has 114 valence electrons. The summed E-state index contributed by atoms with van der Waals surface area (Å²) < 4.78 is 6.63. The van der Waals surface area contributed by atoms with Crippen LogP contribution < -0.4 is 0 Å². The predicted molar refractivity (Wildman–Crippen MR) is 83.9 cm³/mol. The van der Waals surface area contributed by atoms with Gasteiger partial charge in [-0.2, -0.15) is 5.10 Å². The molecular formula is C14H18ClN3O2S. The summed E-state index contributed by atoms with van der Waals surface area (Å²) in [7, 11) is 3.35. The Balaban J connectivity index is 2.24. The average Bonchev–Trinajstić information content (AvgIpc) is 3.03. The summed E-state index contributed by atoms with van der Waals surface area (Å²) in [6, 6.07) is 3.98. The van der Waals surface area contributed by atoms with Gasteiger partial charge in [0.1, 0.15) is 5.69 Å². The fraction of sp³-hybridized carbons (Fsp3) is 0.429. The van der Waals surface area contributed by atoms with Gasteiger partial charge in [0.15, 0.2) is 0 Å². The number of nitrogens with zero attached hydrogens (tertiary/aromatic N) is 3. The third-order valence-electron chi connectivity index (χ3n) is 3.13. The van der Waals surface area contributed by atoms with Crippen LogP contribution in [0.25, 0.3) is 0 Å². The summed E-state index contributed by atoms with van der Waals surface area (Å²) in [6.07, 6.45) is 0. The second kappa shape index (κ2) is 7.06. The number of hydrogen-bond donors (Lipinski definition) is 0. The third-order valence-corrected chi connectivity index (χ3v) is 4.44. The Labute approximate surface area is 133 Å². The fourth-order valence-corrected chi connectivity index (χ4v) is 3.02. The molecule has 0 bridgehead atoms. The minimum Gasteiger partial charge on any atom is -0.383 e. The molecule has 0 aliphatic rings. The Morgan fingerprint density at radius 1 is 1.57 bits per heavy atom. The van der Waals surface area contributed by atoms with Crippen molar-refractivity contribution < 1.29 is 9.53 Å². The summed E-state index contributed by atoms with van der Waals surface area (Å²) in [6.45, 7) is 3.32. The molecule has 2 rings (SSSR count). The van der Waals surface area contributed by atoms with Crippen LogP contribution in [0.15, 0.2) is 17.5 Å². The normalized spacial score (nSPS) is 10.9. The van der Waals surface area contributed by atoms with E-state index in [0.717, 1.165) is 4.88 Å². The lowest BCUT2D eigenvalue weighted by Gasteiger charge is -2.22. The zero-order valence-corrected chi connectivity index (χ0v) is 13.9. The molecule has 0 N–H and O–H groups in total. The van der Waals surface area contributed by atoms with Gasteiger partial charge in [-0.05, 0) is 18.4 Å².